The first-order chi connectivity index (χ1) is 15.5. The van der Waals surface area contributed by atoms with Crippen molar-refractivity contribution in [3.8, 4) is 11.5 Å². The molecule has 3 heterocycles. The molecule has 2 fully saturated rings. The number of hydrogen-bond donors (Lipinski definition) is 0. The van der Waals surface area contributed by atoms with E-state index in [0.717, 1.165) is 55.8 Å². The molecule has 0 radical (unpaired) electrons. The standard InChI is InChI=1S/C25H27FN4O2/c1-29-17-25(16-21(29)23-27-24(32-28-23)19-5-3-2-4-6-19)11-13-30(14-12-25)22(31)15-18-7-9-20(26)10-8-18/h2-10,21H,11-17H2,1H3. The van der Waals surface area contributed by atoms with Gasteiger partial charge in [-0.25, -0.2) is 4.39 Å². The fraction of sp³-hybridized carbons (Fsp3) is 0.400. The molecule has 0 aliphatic carbocycles. The summed E-state index contributed by atoms with van der Waals surface area (Å²) in [6.45, 7) is 2.47. The second-order valence-corrected chi connectivity index (χ2v) is 9.14. The van der Waals surface area contributed by atoms with Crippen LogP contribution in [-0.4, -0.2) is 52.5 Å². The number of piperidine rings is 1. The van der Waals surface area contributed by atoms with Crippen molar-refractivity contribution in [2.45, 2.75) is 31.7 Å². The van der Waals surface area contributed by atoms with Gasteiger partial charge in [-0.15, -0.1) is 0 Å². The lowest BCUT2D eigenvalue weighted by Crippen LogP contribution is -2.44. The lowest BCUT2D eigenvalue weighted by atomic mass is 9.76. The highest BCUT2D eigenvalue weighted by atomic mass is 19.1. The van der Waals surface area contributed by atoms with E-state index in [9.17, 15) is 9.18 Å². The minimum atomic E-state index is -0.279. The van der Waals surface area contributed by atoms with Gasteiger partial charge in [0, 0.05) is 25.2 Å². The van der Waals surface area contributed by atoms with Crippen molar-refractivity contribution in [2.24, 2.45) is 5.41 Å². The van der Waals surface area contributed by atoms with E-state index < -0.39 is 0 Å². The van der Waals surface area contributed by atoms with Gasteiger partial charge in [0.1, 0.15) is 5.82 Å². The summed E-state index contributed by atoms with van der Waals surface area (Å²) in [5, 5.41) is 4.28. The molecule has 1 aromatic heterocycles. The number of amides is 1. The third kappa shape index (κ3) is 4.17. The highest BCUT2D eigenvalue weighted by Crippen LogP contribution is 2.47. The lowest BCUT2D eigenvalue weighted by Gasteiger charge is -2.39. The predicted octanol–water partition coefficient (Wildman–Crippen LogP) is 4.10. The maximum absolute atomic E-state index is 13.1. The first-order valence-electron chi connectivity index (χ1n) is 11.1. The van der Waals surface area contributed by atoms with Crippen LogP contribution in [0.4, 0.5) is 4.39 Å². The summed E-state index contributed by atoms with van der Waals surface area (Å²) in [4.78, 5) is 21.7. The molecule has 0 bridgehead atoms. The van der Waals surface area contributed by atoms with Crippen molar-refractivity contribution in [1.82, 2.24) is 19.9 Å². The third-order valence-electron chi connectivity index (χ3n) is 6.95. The Labute approximate surface area is 187 Å². The molecule has 166 valence electrons. The van der Waals surface area contributed by atoms with Gasteiger partial charge >= 0.3 is 0 Å². The molecule has 1 amide bonds. The Hall–Kier alpha value is -3.06. The number of nitrogens with zero attached hydrogens (tertiary/aromatic N) is 4. The summed E-state index contributed by atoms with van der Waals surface area (Å²) in [5.41, 5.74) is 1.94. The minimum absolute atomic E-state index is 0.111. The van der Waals surface area contributed by atoms with Crippen LogP contribution in [0.2, 0.25) is 0 Å². The molecule has 0 N–H and O–H groups in total. The molecule has 2 aliphatic rings. The number of aromatic nitrogens is 2. The molecule has 1 spiro atoms. The Morgan fingerprint density at radius 2 is 1.84 bits per heavy atom. The van der Waals surface area contributed by atoms with Crippen LogP contribution in [0.3, 0.4) is 0 Å². The van der Waals surface area contributed by atoms with Gasteiger partial charge in [-0.1, -0.05) is 35.5 Å². The molecule has 6 nitrogen and oxygen atoms in total. The average Bonchev–Trinajstić information content (AvgIpc) is 3.41. The van der Waals surface area contributed by atoms with Crippen molar-refractivity contribution < 1.29 is 13.7 Å². The Balaban J connectivity index is 1.21. The summed E-state index contributed by atoms with van der Waals surface area (Å²) in [7, 11) is 2.12. The summed E-state index contributed by atoms with van der Waals surface area (Å²) in [6, 6.07) is 16.1. The van der Waals surface area contributed by atoms with E-state index in [4.69, 9.17) is 4.52 Å². The molecular weight excluding hydrogens is 407 g/mol. The molecule has 2 aromatic carbocycles. The molecule has 1 unspecified atom stereocenters. The number of rotatable bonds is 4. The van der Waals surface area contributed by atoms with Gasteiger partial charge in [0.25, 0.3) is 5.89 Å². The molecule has 0 saturated carbocycles. The highest BCUT2D eigenvalue weighted by Gasteiger charge is 2.46. The maximum Gasteiger partial charge on any atom is 0.257 e. The Bertz CT molecular complexity index is 1070. The van der Waals surface area contributed by atoms with Crippen molar-refractivity contribution in [1.29, 1.82) is 0 Å². The van der Waals surface area contributed by atoms with E-state index in [-0.39, 0.29) is 23.2 Å². The van der Waals surface area contributed by atoms with E-state index in [1.54, 1.807) is 12.1 Å². The fourth-order valence-corrected chi connectivity index (χ4v) is 5.11. The zero-order chi connectivity index (χ0) is 22.1. The zero-order valence-electron chi connectivity index (χ0n) is 18.2. The van der Waals surface area contributed by atoms with Crippen LogP contribution in [-0.2, 0) is 11.2 Å². The van der Waals surface area contributed by atoms with Crippen LogP contribution < -0.4 is 0 Å². The SMILES string of the molecule is CN1CC2(CCN(C(=O)Cc3ccc(F)cc3)CC2)CC1c1noc(-c2ccccc2)n1. The second kappa shape index (κ2) is 8.47. The fourth-order valence-electron chi connectivity index (χ4n) is 5.11. The van der Waals surface area contributed by atoms with Crippen molar-refractivity contribution in [2.75, 3.05) is 26.7 Å². The van der Waals surface area contributed by atoms with Gasteiger partial charge in [0.15, 0.2) is 5.82 Å². The van der Waals surface area contributed by atoms with Gasteiger partial charge in [0.05, 0.1) is 12.5 Å². The Morgan fingerprint density at radius 3 is 2.56 bits per heavy atom. The normalized spacial score (nSPS) is 20.7. The predicted molar refractivity (Wildman–Crippen MR) is 118 cm³/mol. The van der Waals surface area contributed by atoms with Crippen molar-refractivity contribution in [3.63, 3.8) is 0 Å². The zero-order valence-corrected chi connectivity index (χ0v) is 18.2. The van der Waals surface area contributed by atoms with E-state index in [2.05, 4.69) is 22.1 Å². The number of likely N-dealkylation sites (tertiary alicyclic amines) is 2. The van der Waals surface area contributed by atoms with Gasteiger partial charge < -0.3 is 9.42 Å². The average molecular weight is 435 g/mol. The van der Waals surface area contributed by atoms with Crippen LogP contribution in [0.25, 0.3) is 11.5 Å². The molecular formula is C25H27FN4O2. The van der Waals surface area contributed by atoms with Crippen molar-refractivity contribution >= 4 is 5.91 Å². The van der Waals surface area contributed by atoms with Crippen LogP contribution >= 0.6 is 0 Å². The largest absolute Gasteiger partial charge is 0.342 e. The number of carbonyl (C=O) groups is 1. The van der Waals surface area contributed by atoms with E-state index >= 15 is 0 Å². The summed E-state index contributed by atoms with van der Waals surface area (Å²) < 4.78 is 18.6. The quantitative estimate of drug-likeness (QED) is 0.619. The molecule has 5 rings (SSSR count). The minimum Gasteiger partial charge on any atom is -0.342 e. The molecule has 1 atom stereocenters. The first kappa shape index (κ1) is 20.8. The third-order valence-corrected chi connectivity index (χ3v) is 6.95. The Morgan fingerprint density at radius 1 is 1.12 bits per heavy atom. The maximum atomic E-state index is 13.1. The number of hydrogen-bond acceptors (Lipinski definition) is 5. The summed E-state index contributed by atoms with van der Waals surface area (Å²) in [6.07, 6.45) is 3.22. The van der Waals surface area contributed by atoms with E-state index in [0.29, 0.717) is 12.3 Å². The van der Waals surface area contributed by atoms with Gasteiger partial charge in [-0.05, 0) is 61.6 Å². The topological polar surface area (TPSA) is 62.5 Å². The molecule has 32 heavy (non-hydrogen) atoms. The van der Waals surface area contributed by atoms with Crippen LogP contribution in [0, 0.1) is 11.2 Å². The van der Waals surface area contributed by atoms with Gasteiger partial charge in [-0.2, -0.15) is 4.98 Å². The highest BCUT2D eigenvalue weighted by molar-refractivity contribution is 5.78. The number of carbonyl (C=O) groups excluding carboxylic acids is 1. The van der Waals surface area contributed by atoms with Crippen LogP contribution in [0.5, 0.6) is 0 Å². The monoisotopic (exact) mass is 434 g/mol. The van der Waals surface area contributed by atoms with E-state index in [1.807, 2.05) is 35.2 Å². The number of benzene rings is 2. The smallest absolute Gasteiger partial charge is 0.257 e. The molecule has 7 heteroatoms. The molecule has 2 aliphatic heterocycles. The van der Waals surface area contributed by atoms with Crippen LogP contribution in [0.1, 0.15) is 36.7 Å². The Kier molecular flexibility index (Phi) is 5.51. The molecule has 3 aromatic rings. The second-order valence-electron chi connectivity index (χ2n) is 9.14. The summed E-state index contributed by atoms with van der Waals surface area (Å²) >= 11 is 0. The van der Waals surface area contributed by atoms with Gasteiger partial charge in [0.2, 0.25) is 5.91 Å². The summed E-state index contributed by atoms with van der Waals surface area (Å²) in [5.74, 6) is 1.12. The first-order valence-corrected chi connectivity index (χ1v) is 11.1. The van der Waals surface area contributed by atoms with Gasteiger partial charge in [-0.3, -0.25) is 9.69 Å². The van der Waals surface area contributed by atoms with E-state index in [1.165, 1.54) is 12.1 Å². The molecule has 2 saturated heterocycles. The number of halogens is 1. The van der Waals surface area contributed by atoms with Crippen LogP contribution in [0.15, 0.2) is 59.1 Å². The van der Waals surface area contributed by atoms with Crippen molar-refractivity contribution in [3.05, 3.63) is 71.8 Å². The lowest BCUT2D eigenvalue weighted by molar-refractivity contribution is -0.132.